The van der Waals surface area contributed by atoms with Gasteiger partial charge in [-0.25, -0.2) is 4.79 Å². The molecule has 1 amide bonds. The van der Waals surface area contributed by atoms with Crippen LogP contribution in [0.5, 0.6) is 5.75 Å². The molecule has 2 aromatic rings. The minimum Gasteiger partial charge on any atom is -0.495 e. The summed E-state index contributed by atoms with van der Waals surface area (Å²) in [5.41, 5.74) is 0.967. The van der Waals surface area contributed by atoms with Crippen LogP contribution in [0.2, 0.25) is 0 Å². The normalized spacial score (nSPS) is 17.4. The molecule has 1 saturated heterocycles. The third kappa shape index (κ3) is 3.58. The lowest BCUT2D eigenvalue weighted by atomic mass is 10.1. The number of H-pyrrole nitrogens is 1. The van der Waals surface area contributed by atoms with Crippen LogP contribution in [0.4, 0.5) is 0 Å². The van der Waals surface area contributed by atoms with Gasteiger partial charge in [0.15, 0.2) is 5.82 Å². The van der Waals surface area contributed by atoms with E-state index in [-0.39, 0.29) is 11.8 Å². The number of nitrogens with one attached hydrogen (secondary N) is 1. The monoisotopic (exact) mass is 318 g/mol. The lowest BCUT2D eigenvalue weighted by Gasteiger charge is -2.16. The zero-order valence-electron chi connectivity index (χ0n) is 12.8. The van der Waals surface area contributed by atoms with E-state index in [1.807, 2.05) is 6.07 Å². The number of rotatable bonds is 5. The molecule has 23 heavy (non-hydrogen) atoms. The maximum atomic E-state index is 12.3. The molecule has 122 valence electrons. The number of hydrogen-bond donors (Lipinski definition) is 1. The summed E-state index contributed by atoms with van der Waals surface area (Å²) in [5.74, 6) is 0.758. The van der Waals surface area contributed by atoms with Gasteiger partial charge in [-0.2, -0.15) is 0 Å². The van der Waals surface area contributed by atoms with Crippen molar-refractivity contribution in [2.75, 3.05) is 20.2 Å². The second-order valence-electron chi connectivity index (χ2n) is 5.54. The second kappa shape index (κ2) is 6.64. The van der Waals surface area contributed by atoms with Crippen molar-refractivity contribution in [2.45, 2.75) is 25.2 Å². The van der Waals surface area contributed by atoms with Crippen molar-refractivity contribution in [1.82, 2.24) is 20.0 Å². The summed E-state index contributed by atoms with van der Waals surface area (Å²) in [4.78, 5) is 31.7. The smallest absolute Gasteiger partial charge is 0.438 e. The summed E-state index contributed by atoms with van der Waals surface area (Å²) in [6, 6.07) is 1.88. The highest BCUT2D eigenvalue weighted by Gasteiger charge is 2.29. The Morgan fingerprint density at radius 1 is 1.52 bits per heavy atom. The van der Waals surface area contributed by atoms with Gasteiger partial charge in [0.25, 0.3) is 0 Å². The van der Waals surface area contributed by atoms with Crippen LogP contribution >= 0.6 is 0 Å². The van der Waals surface area contributed by atoms with Crippen molar-refractivity contribution in [3.63, 3.8) is 0 Å². The predicted octanol–water partition coefficient (Wildman–Crippen LogP) is 0.715. The van der Waals surface area contributed by atoms with E-state index >= 15 is 0 Å². The first-order valence-electron chi connectivity index (χ1n) is 7.47. The fourth-order valence-electron chi connectivity index (χ4n) is 2.75. The second-order valence-corrected chi connectivity index (χ2v) is 5.54. The van der Waals surface area contributed by atoms with Crippen molar-refractivity contribution >= 4 is 5.91 Å². The van der Waals surface area contributed by atoms with Crippen molar-refractivity contribution in [3.05, 3.63) is 40.4 Å². The standard InChI is InChI=1S/C15H18N4O4/c1-22-12-6-10(7-16-8-12)2-3-13(20)19-5-4-11(9-19)14-17-15(21)23-18-14/h6-8,11H,2-5,9H2,1H3,(H,17,18,21). The molecule has 1 aliphatic heterocycles. The first kappa shape index (κ1) is 15.3. The number of aromatic amines is 1. The van der Waals surface area contributed by atoms with Gasteiger partial charge in [0.05, 0.1) is 13.3 Å². The van der Waals surface area contributed by atoms with Gasteiger partial charge in [0, 0.05) is 31.6 Å². The number of carbonyl (C=O) groups excluding carboxylic acids is 1. The highest BCUT2D eigenvalue weighted by atomic mass is 16.5. The summed E-state index contributed by atoms with van der Waals surface area (Å²) in [5, 5.41) is 3.70. The van der Waals surface area contributed by atoms with Crippen LogP contribution in [-0.4, -0.2) is 46.1 Å². The maximum absolute atomic E-state index is 12.3. The van der Waals surface area contributed by atoms with Gasteiger partial charge in [-0.05, 0) is 24.5 Å². The number of likely N-dealkylation sites (tertiary alicyclic amines) is 1. The average molecular weight is 318 g/mol. The van der Waals surface area contributed by atoms with E-state index in [1.165, 1.54) is 0 Å². The van der Waals surface area contributed by atoms with Crippen LogP contribution in [0.25, 0.3) is 0 Å². The minimum atomic E-state index is -0.560. The highest BCUT2D eigenvalue weighted by molar-refractivity contribution is 5.76. The molecule has 8 nitrogen and oxygen atoms in total. The predicted molar refractivity (Wildman–Crippen MR) is 80.2 cm³/mol. The van der Waals surface area contributed by atoms with E-state index in [4.69, 9.17) is 4.74 Å². The Bertz CT molecular complexity index is 739. The van der Waals surface area contributed by atoms with E-state index in [2.05, 4.69) is 19.6 Å². The number of ether oxygens (including phenoxy) is 1. The zero-order chi connectivity index (χ0) is 16.2. The van der Waals surface area contributed by atoms with Crippen LogP contribution < -0.4 is 10.5 Å². The number of amides is 1. The number of carbonyl (C=O) groups is 1. The fourth-order valence-corrected chi connectivity index (χ4v) is 2.75. The van der Waals surface area contributed by atoms with Gasteiger partial charge < -0.3 is 9.64 Å². The van der Waals surface area contributed by atoms with Gasteiger partial charge in [-0.3, -0.25) is 19.3 Å². The largest absolute Gasteiger partial charge is 0.495 e. The molecule has 1 N–H and O–H groups in total. The molecular formula is C15H18N4O4. The summed E-state index contributed by atoms with van der Waals surface area (Å²) < 4.78 is 9.64. The molecule has 1 fully saturated rings. The third-order valence-corrected chi connectivity index (χ3v) is 4.02. The van der Waals surface area contributed by atoms with Gasteiger partial charge in [0.2, 0.25) is 5.91 Å². The molecule has 0 saturated carbocycles. The summed E-state index contributed by atoms with van der Waals surface area (Å²) in [6.45, 7) is 1.21. The number of methoxy groups -OCH3 is 1. The van der Waals surface area contributed by atoms with Crippen LogP contribution in [0.1, 0.15) is 30.1 Å². The quantitative estimate of drug-likeness (QED) is 0.871. The summed E-state index contributed by atoms with van der Waals surface area (Å²) in [7, 11) is 1.59. The molecule has 0 aromatic carbocycles. The Labute approximate surface area is 132 Å². The Kier molecular flexibility index (Phi) is 4.40. The highest BCUT2D eigenvalue weighted by Crippen LogP contribution is 2.24. The van der Waals surface area contributed by atoms with Gasteiger partial charge >= 0.3 is 5.76 Å². The van der Waals surface area contributed by atoms with Crippen LogP contribution in [0.3, 0.4) is 0 Å². The van der Waals surface area contributed by atoms with Crippen molar-refractivity contribution < 1.29 is 14.1 Å². The molecule has 0 aliphatic carbocycles. The van der Waals surface area contributed by atoms with E-state index < -0.39 is 5.76 Å². The van der Waals surface area contributed by atoms with E-state index in [9.17, 15) is 9.59 Å². The van der Waals surface area contributed by atoms with Gasteiger partial charge in [-0.1, -0.05) is 5.16 Å². The molecular weight excluding hydrogens is 300 g/mol. The van der Waals surface area contributed by atoms with E-state index in [0.717, 1.165) is 12.0 Å². The van der Waals surface area contributed by atoms with Gasteiger partial charge in [-0.15, -0.1) is 0 Å². The summed E-state index contributed by atoms with van der Waals surface area (Å²) >= 11 is 0. The maximum Gasteiger partial charge on any atom is 0.438 e. The molecule has 0 radical (unpaired) electrons. The number of hydrogen-bond acceptors (Lipinski definition) is 6. The lowest BCUT2D eigenvalue weighted by Crippen LogP contribution is -2.28. The molecule has 1 atom stereocenters. The first-order valence-corrected chi connectivity index (χ1v) is 7.47. The third-order valence-electron chi connectivity index (χ3n) is 4.02. The number of nitrogens with zero attached hydrogens (tertiary/aromatic N) is 3. The fraction of sp³-hybridized carbons (Fsp3) is 0.467. The molecule has 1 aliphatic rings. The lowest BCUT2D eigenvalue weighted by molar-refractivity contribution is -0.130. The summed E-state index contributed by atoms with van der Waals surface area (Å²) in [6.07, 6.45) is 5.18. The van der Waals surface area contributed by atoms with Crippen LogP contribution in [0.15, 0.2) is 27.8 Å². The number of aryl methyl sites for hydroxylation is 1. The molecule has 0 spiro atoms. The molecule has 3 rings (SSSR count). The molecule has 0 bridgehead atoms. The van der Waals surface area contributed by atoms with Crippen LogP contribution in [-0.2, 0) is 11.2 Å². The Balaban J connectivity index is 1.54. The zero-order valence-corrected chi connectivity index (χ0v) is 12.8. The molecule has 3 heterocycles. The van der Waals surface area contributed by atoms with Crippen LogP contribution in [0, 0.1) is 0 Å². The SMILES string of the molecule is COc1cncc(CCC(=O)N2CCC(c3noc(=O)[nH]3)C2)c1. The first-order chi connectivity index (χ1) is 11.2. The van der Waals surface area contributed by atoms with Gasteiger partial charge in [0.1, 0.15) is 5.75 Å². The topological polar surface area (TPSA) is 101 Å². The minimum absolute atomic E-state index is 0.0314. The Morgan fingerprint density at radius 2 is 2.39 bits per heavy atom. The van der Waals surface area contributed by atoms with E-state index in [1.54, 1.807) is 24.4 Å². The molecule has 8 heteroatoms. The Hall–Kier alpha value is -2.64. The number of pyridine rings is 1. The van der Waals surface area contributed by atoms with Crippen molar-refractivity contribution in [2.24, 2.45) is 0 Å². The average Bonchev–Trinajstić information content (AvgIpc) is 3.21. The van der Waals surface area contributed by atoms with Crippen molar-refractivity contribution in [1.29, 1.82) is 0 Å². The van der Waals surface area contributed by atoms with E-state index in [0.29, 0.717) is 37.5 Å². The number of aromatic nitrogens is 3. The molecule has 1 unspecified atom stereocenters. The molecule has 2 aromatic heterocycles. The van der Waals surface area contributed by atoms with Crippen molar-refractivity contribution in [3.8, 4) is 5.75 Å². The Morgan fingerprint density at radius 3 is 3.13 bits per heavy atom.